The van der Waals surface area contributed by atoms with E-state index in [1.807, 2.05) is 12.1 Å². The van der Waals surface area contributed by atoms with Crippen molar-refractivity contribution in [3.63, 3.8) is 0 Å². The monoisotopic (exact) mass is 547 g/mol. The molecular weight excluding hydrogens is 509 g/mol. The molecule has 0 atom stereocenters. The maximum absolute atomic E-state index is 14.2. The second-order valence-electron chi connectivity index (χ2n) is 10.9. The van der Waals surface area contributed by atoms with Crippen LogP contribution in [0.4, 0.5) is 10.2 Å². The van der Waals surface area contributed by atoms with Crippen LogP contribution in [0.3, 0.4) is 0 Å². The van der Waals surface area contributed by atoms with Gasteiger partial charge in [0.1, 0.15) is 5.82 Å². The summed E-state index contributed by atoms with van der Waals surface area (Å²) < 4.78 is 15.6. The van der Waals surface area contributed by atoms with E-state index in [0.717, 1.165) is 68.8 Å². The molecule has 40 heavy (non-hydrogen) atoms. The first-order chi connectivity index (χ1) is 19.5. The van der Waals surface area contributed by atoms with Gasteiger partial charge in [0.05, 0.1) is 16.6 Å². The van der Waals surface area contributed by atoms with E-state index in [1.54, 1.807) is 12.1 Å². The molecule has 9 heteroatoms. The zero-order chi connectivity index (χ0) is 28.1. The number of nitrogens with one attached hydrogen (secondary N) is 1. The number of imide groups is 1. The summed E-state index contributed by atoms with van der Waals surface area (Å²) in [6, 6.07) is 9.97. The third-order valence-corrected chi connectivity index (χ3v) is 8.07. The number of unbranched alkanes of at least 4 members (excludes halogenated alkanes) is 6. The molecule has 5 rings (SSSR count). The second-order valence-corrected chi connectivity index (χ2v) is 10.9. The van der Waals surface area contributed by atoms with Crippen LogP contribution in [-0.2, 0) is 6.42 Å². The number of hydrogen-bond acceptors (Lipinski definition) is 6. The summed E-state index contributed by atoms with van der Waals surface area (Å²) in [7, 11) is 0. The Hall–Kier alpha value is -3.59. The Morgan fingerprint density at radius 3 is 2.48 bits per heavy atom. The fourth-order valence-corrected chi connectivity index (χ4v) is 5.80. The standard InChI is InChI=1S/C31H38FN5O3/c1-2-3-4-5-6-7-8-12-27(38)37-26-21-23(32)13-14-24(26)29(34-37)36-19-17-35(18-20-36)16-15-22-10-9-11-25-28(22)31(40)33-30(25)39/h9-11,13-14,21H,2-8,12,15-20H2,1H3,(H,33,39,40). The van der Waals surface area contributed by atoms with E-state index in [2.05, 4.69) is 22.0 Å². The van der Waals surface area contributed by atoms with Crippen LogP contribution in [0.25, 0.3) is 10.9 Å². The third-order valence-electron chi connectivity index (χ3n) is 8.07. The molecule has 1 fully saturated rings. The number of rotatable bonds is 12. The molecule has 212 valence electrons. The predicted octanol–water partition coefficient (Wildman–Crippen LogP) is 5.20. The molecule has 0 bridgehead atoms. The molecule has 1 aromatic heterocycles. The summed E-state index contributed by atoms with van der Waals surface area (Å²) in [5, 5.41) is 7.87. The van der Waals surface area contributed by atoms with Crippen molar-refractivity contribution in [2.75, 3.05) is 37.6 Å². The molecule has 2 aliphatic heterocycles. The number of carbonyl (C=O) groups excluding carboxylic acids is 3. The van der Waals surface area contributed by atoms with Crippen LogP contribution < -0.4 is 10.2 Å². The van der Waals surface area contributed by atoms with Gasteiger partial charge in [-0.15, -0.1) is 5.10 Å². The topological polar surface area (TPSA) is 87.5 Å². The van der Waals surface area contributed by atoms with Crippen LogP contribution in [0.1, 0.15) is 89.4 Å². The highest BCUT2D eigenvalue weighted by atomic mass is 19.1. The molecule has 8 nitrogen and oxygen atoms in total. The molecule has 0 spiro atoms. The number of piperazine rings is 1. The summed E-state index contributed by atoms with van der Waals surface area (Å²) in [4.78, 5) is 41.8. The number of nitrogens with zero attached hydrogens (tertiary/aromatic N) is 4. The first kappa shape index (κ1) is 28.0. The lowest BCUT2D eigenvalue weighted by Gasteiger charge is -2.35. The van der Waals surface area contributed by atoms with Crippen molar-refractivity contribution in [3.8, 4) is 0 Å². The number of fused-ring (bicyclic) bond motifs is 2. The van der Waals surface area contributed by atoms with Crippen molar-refractivity contribution in [2.24, 2.45) is 0 Å². The minimum absolute atomic E-state index is 0.0908. The minimum Gasteiger partial charge on any atom is -0.352 e. The normalized spacial score (nSPS) is 15.6. The highest BCUT2D eigenvalue weighted by Crippen LogP contribution is 2.29. The summed E-state index contributed by atoms with van der Waals surface area (Å²) in [6.45, 7) is 6.00. The van der Waals surface area contributed by atoms with Crippen molar-refractivity contribution in [3.05, 3.63) is 58.9 Å². The molecule has 0 aliphatic carbocycles. The number of benzene rings is 2. The first-order valence-electron chi connectivity index (χ1n) is 14.6. The van der Waals surface area contributed by atoms with Crippen LogP contribution >= 0.6 is 0 Å². The Bertz CT molecular complexity index is 1390. The largest absolute Gasteiger partial charge is 0.352 e. The molecule has 1 N–H and O–H groups in total. The molecule has 1 saturated heterocycles. The predicted molar refractivity (Wildman–Crippen MR) is 154 cm³/mol. The lowest BCUT2D eigenvalue weighted by atomic mass is 10.00. The van der Waals surface area contributed by atoms with Crippen molar-refractivity contribution in [2.45, 2.75) is 64.7 Å². The number of amides is 2. The summed E-state index contributed by atoms with van der Waals surface area (Å²) in [6.07, 6.45) is 8.98. The number of halogens is 1. The van der Waals surface area contributed by atoms with Crippen molar-refractivity contribution in [1.29, 1.82) is 0 Å². The number of carbonyl (C=O) groups is 3. The van der Waals surface area contributed by atoms with Crippen LogP contribution in [0, 0.1) is 5.82 Å². The van der Waals surface area contributed by atoms with Crippen LogP contribution in [0.5, 0.6) is 0 Å². The van der Waals surface area contributed by atoms with Crippen LogP contribution in [-0.4, -0.2) is 65.1 Å². The van der Waals surface area contributed by atoms with Gasteiger partial charge in [-0.25, -0.2) is 4.39 Å². The number of anilines is 1. The SMILES string of the molecule is CCCCCCCCCC(=O)n1nc(N2CCN(CCc3cccc4c3C(=O)NC4=O)CC2)c2ccc(F)cc21. The van der Waals surface area contributed by atoms with Gasteiger partial charge in [0.25, 0.3) is 11.8 Å². The molecule has 3 aromatic rings. The van der Waals surface area contributed by atoms with E-state index in [0.29, 0.717) is 29.5 Å². The van der Waals surface area contributed by atoms with E-state index in [4.69, 9.17) is 5.10 Å². The summed E-state index contributed by atoms with van der Waals surface area (Å²) in [5.41, 5.74) is 2.36. The van der Waals surface area contributed by atoms with Crippen molar-refractivity contribution in [1.82, 2.24) is 20.0 Å². The highest BCUT2D eigenvalue weighted by Gasteiger charge is 2.29. The lowest BCUT2D eigenvalue weighted by molar-refractivity contribution is 0.0871. The van der Waals surface area contributed by atoms with Gasteiger partial charge in [-0.2, -0.15) is 4.68 Å². The zero-order valence-corrected chi connectivity index (χ0v) is 23.3. The lowest BCUT2D eigenvalue weighted by Crippen LogP contribution is -2.47. The summed E-state index contributed by atoms with van der Waals surface area (Å²) in [5.74, 6) is -0.397. The van der Waals surface area contributed by atoms with E-state index < -0.39 is 0 Å². The maximum Gasteiger partial charge on any atom is 0.259 e. The average Bonchev–Trinajstić information content (AvgIpc) is 3.48. The fraction of sp³-hybridized carbons (Fsp3) is 0.484. The van der Waals surface area contributed by atoms with E-state index in [1.165, 1.54) is 42.5 Å². The number of aromatic nitrogens is 2. The Balaban J connectivity index is 1.19. The van der Waals surface area contributed by atoms with E-state index in [-0.39, 0.29) is 23.5 Å². The van der Waals surface area contributed by atoms with Gasteiger partial charge < -0.3 is 4.90 Å². The van der Waals surface area contributed by atoms with Crippen LogP contribution in [0.15, 0.2) is 36.4 Å². The van der Waals surface area contributed by atoms with Gasteiger partial charge in [0.15, 0.2) is 5.82 Å². The zero-order valence-electron chi connectivity index (χ0n) is 23.3. The molecule has 2 amide bonds. The highest BCUT2D eigenvalue weighted by molar-refractivity contribution is 6.22. The van der Waals surface area contributed by atoms with Gasteiger partial charge >= 0.3 is 0 Å². The minimum atomic E-state index is -0.378. The quantitative estimate of drug-likeness (QED) is 0.248. The molecule has 3 heterocycles. The second kappa shape index (κ2) is 12.7. The Labute approximate surface area is 234 Å². The first-order valence-corrected chi connectivity index (χ1v) is 14.6. The van der Waals surface area contributed by atoms with Gasteiger partial charge in [-0.3, -0.25) is 24.6 Å². The van der Waals surface area contributed by atoms with E-state index in [9.17, 15) is 18.8 Å². The Morgan fingerprint density at radius 2 is 1.70 bits per heavy atom. The Morgan fingerprint density at radius 1 is 0.950 bits per heavy atom. The van der Waals surface area contributed by atoms with Gasteiger partial charge in [-0.05, 0) is 36.6 Å². The summed E-state index contributed by atoms with van der Waals surface area (Å²) >= 11 is 0. The van der Waals surface area contributed by atoms with Crippen molar-refractivity contribution >= 4 is 34.4 Å². The van der Waals surface area contributed by atoms with Crippen LogP contribution in [0.2, 0.25) is 0 Å². The van der Waals surface area contributed by atoms with Gasteiger partial charge in [0, 0.05) is 50.6 Å². The van der Waals surface area contributed by atoms with Crippen molar-refractivity contribution < 1.29 is 18.8 Å². The van der Waals surface area contributed by atoms with Gasteiger partial charge in [0.2, 0.25) is 5.91 Å². The smallest absolute Gasteiger partial charge is 0.259 e. The fourth-order valence-electron chi connectivity index (χ4n) is 5.80. The maximum atomic E-state index is 14.2. The molecule has 2 aromatic carbocycles. The van der Waals surface area contributed by atoms with Gasteiger partial charge in [-0.1, -0.05) is 57.6 Å². The third kappa shape index (κ3) is 6.09. The molecular formula is C31H38FN5O3. The Kier molecular flexibility index (Phi) is 8.89. The molecule has 0 radical (unpaired) electrons. The number of hydrogen-bond donors (Lipinski definition) is 1. The molecule has 0 saturated carbocycles. The molecule has 2 aliphatic rings. The molecule has 0 unspecified atom stereocenters. The average molecular weight is 548 g/mol. The van der Waals surface area contributed by atoms with E-state index >= 15 is 0 Å².